The molecule has 1 saturated heterocycles. The van der Waals surface area contributed by atoms with Gasteiger partial charge in [-0.3, -0.25) is 15.0 Å². The molecule has 0 aromatic heterocycles. The van der Waals surface area contributed by atoms with Crippen molar-refractivity contribution in [3.8, 4) is 0 Å². The van der Waals surface area contributed by atoms with E-state index in [4.69, 9.17) is 19.8 Å². The predicted octanol–water partition coefficient (Wildman–Crippen LogP) is -0.251. The average molecular weight is 429 g/mol. The molecule has 0 aliphatic carbocycles. The number of quaternary nitrogens is 1. The number of non-ortho nitro benzene ring substituents is 1. The van der Waals surface area contributed by atoms with Gasteiger partial charge in [0.1, 0.15) is 0 Å². The van der Waals surface area contributed by atoms with Gasteiger partial charge in [0.05, 0.1) is 24.6 Å². The second kappa shape index (κ2) is 12.4. The lowest BCUT2D eigenvalue weighted by Crippen LogP contribution is -3.14. The first-order valence-electron chi connectivity index (χ1n) is 10.1. The monoisotopic (exact) mass is 429 g/mol. The van der Waals surface area contributed by atoms with Gasteiger partial charge in [-0.1, -0.05) is 42.5 Å². The lowest BCUT2D eigenvalue weighted by Gasteiger charge is -2.32. The number of piperazine rings is 1. The highest BCUT2D eigenvalue weighted by molar-refractivity contribution is 6.26. The van der Waals surface area contributed by atoms with Crippen molar-refractivity contribution in [3.63, 3.8) is 0 Å². The molecule has 9 heteroatoms. The molecule has 9 nitrogen and oxygen atoms in total. The lowest BCUT2D eigenvalue weighted by molar-refractivity contribution is -0.904. The van der Waals surface area contributed by atoms with Crippen molar-refractivity contribution in [2.24, 2.45) is 0 Å². The SMILES string of the molecule is O=C([O-])C(=O)O.O=[N+]([O-])c1cccc(CN2CC[NH+](CCCc3ccccc3)CC2)c1. The Bertz CT molecular complexity index is 855. The zero-order valence-electron chi connectivity index (χ0n) is 17.2. The largest absolute Gasteiger partial charge is 0.539 e. The van der Waals surface area contributed by atoms with Crippen LogP contribution in [0, 0.1) is 10.1 Å². The van der Waals surface area contributed by atoms with Crippen LogP contribution < -0.4 is 10.0 Å². The summed E-state index contributed by atoms with van der Waals surface area (Å²) in [5.74, 6) is -4.01. The van der Waals surface area contributed by atoms with Crippen LogP contribution in [0.3, 0.4) is 0 Å². The molecule has 1 heterocycles. The minimum Gasteiger partial charge on any atom is -0.539 e. The Labute approximate surface area is 180 Å². The molecule has 1 aliphatic heterocycles. The molecule has 0 bridgehead atoms. The molecular formula is C22H27N3O6. The number of carboxylic acids is 2. The standard InChI is InChI=1S/C20H25N3O2.C2H2O4/c24-23(25)20-10-4-8-19(16-20)17-22-14-12-21(13-15-22)11-5-9-18-6-2-1-3-7-18;3-1(4)2(5)6/h1-4,6-8,10,16H,5,9,11-15,17H2;(H,3,4)(H,5,6). The van der Waals surface area contributed by atoms with E-state index >= 15 is 0 Å². The van der Waals surface area contributed by atoms with Crippen LogP contribution in [0.25, 0.3) is 0 Å². The van der Waals surface area contributed by atoms with Gasteiger partial charge < -0.3 is 19.9 Å². The highest BCUT2D eigenvalue weighted by Crippen LogP contribution is 2.14. The number of nitro benzene ring substituents is 1. The number of nitrogens with one attached hydrogen (secondary N) is 1. The first-order valence-corrected chi connectivity index (χ1v) is 10.1. The number of hydrogen-bond donors (Lipinski definition) is 2. The van der Waals surface area contributed by atoms with Gasteiger partial charge in [-0.2, -0.15) is 0 Å². The second-order valence-corrected chi connectivity index (χ2v) is 7.38. The van der Waals surface area contributed by atoms with E-state index in [1.165, 1.54) is 18.5 Å². The van der Waals surface area contributed by atoms with Gasteiger partial charge in [-0.15, -0.1) is 0 Å². The maximum absolute atomic E-state index is 10.9. The van der Waals surface area contributed by atoms with E-state index in [1.807, 2.05) is 6.07 Å². The van der Waals surface area contributed by atoms with E-state index in [1.54, 1.807) is 23.1 Å². The number of aliphatic carboxylic acids is 2. The molecule has 166 valence electrons. The molecule has 0 saturated carbocycles. The fourth-order valence-corrected chi connectivity index (χ4v) is 3.49. The van der Waals surface area contributed by atoms with Gasteiger partial charge in [-0.05, 0) is 17.5 Å². The molecule has 1 fully saturated rings. The van der Waals surface area contributed by atoms with Crippen LogP contribution in [0.4, 0.5) is 5.69 Å². The van der Waals surface area contributed by atoms with Crippen LogP contribution in [0.5, 0.6) is 0 Å². The molecule has 0 atom stereocenters. The Balaban J connectivity index is 0.000000501. The topological polar surface area (TPSA) is 128 Å². The molecule has 31 heavy (non-hydrogen) atoms. The predicted molar refractivity (Wildman–Crippen MR) is 111 cm³/mol. The number of carboxylic acid groups (broad SMARTS) is 2. The number of nitrogens with zero attached hydrogens (tertiary/aromatic N) is 2. The van der Waals surface area contributed by atoms with E-state index in [-0.39, 0.29) is 10.6 Å². The van der Waals surface area contributed by atoms with Crippen LogP contribution in [-0.4, -0.2) is 59.6 Å². The maximum Gasteiger partial charge on any atom is 0.351 e. The Morgan fingerprint density at radius 2 is 1.65 bits per heavy atom. The molecule has 0 radical (unpaired) electrons. The maximum atomic E-state index is 10.9. The lowest BCUT2D eigenvalue weighted by atomic mass is 10.1. The highest BCUT2D eigenvalue weighted by Gasteiger charge is 2.20. The summed E-state index contributed by atoms with van der Waals surface area (Å²) in [6.45, 7) is 6.46. The fraction of sp³-hybridized carbons (Fsp3) is 0.364. The van der Waals surface area contributed by atoms with Crippen molar-refractivity contribution >= 4 is 17.6 Å². The Morgan fingerprint density at radius 1 is 1.03 bits per heavy atom. The zero-order valence-corrected chi connectivity index (χ0v) is 17.2. The summed E-state index contributed by atoms with van der Waals surface area (Å²) in [7, 11) is 0. The summed E-state index contributed by atoms with van der Waals surface area (Å²) >= 11 is 0. The summed E-state index contributed by atoms with van der Waals surface area (Å²) in [5.41, 5.74) is 2.63. The van der Waals surface area contributed by atoms with E-state index in [0.29, 0.717) is 0 Å². The number of nitro groups is 1. The molecule has 2 aromatic rings. The smallest absolute Gasteiger partial charge is 0.351 e. The Morgan fingerprint density at radius 3 is 2.23 bits per heavy atom. The molecule has 2 aromatic carbocycles. The molecular weight excluding hydrogens is 402 g/mol. The summed E-state index contributed by atoms with van der Waals surface area (Å²) in [6.07, 6.45) is 2.38. The van der Waals surface area contributed by atoms with Gasteiger partial charge in [-0.25, -0.2) is 4.79 Å². The van der Waals surface area contributed by atoms with Gasteiger partial charge in [0.25, 0.3) is 5.69 Å². The van der Waals surface area contributed by atoms with E-state index in [2.05, 4.69) is 35.2 Å². The number of carbonyl (C=O) groups is 2. The van der Waals surface area contributed by atoms with Crippen molar-refractivity contribution in [3.05, 3.63) is 75.8 Å². The highest BCUT2D eigenvalue weighted by atomic mass is 16.6. The van der Waals surface area contributed by atoms with Gasteiger partial charge in [0, 0.05) is 38.2 Å². The van der Waals surface area contributed by atoms with Crippen molar-refractivity contribution < 1.29 is 29.6 Å². The van der Waals surface area contributed by atoms with E-state index < -0.39 is 11.9 Å². The van der Waals surface area contributed by atoms with Crippen molar-refractivity contribution in [2.45, 2.75) is 19.4 Å². The number of aryl methyl sites for hydroxylation is 1. The summed E-state index contributed by atoms with van der Waals surface area (Å²) < 4.78 is 0. The molecule has 2 N–H and O–H groups in total. The fourth-order valence-electron chi connectivity index (χ4n) is 3.49. The minimum atomic E-state index is -2.07. The van der Waals surface area contributed by atoms with Crippen LogP contribution >= 0.6 is 0 Å². The number of carbonyl (C=O) groups excluding carboxylic acids is 1. The van der Waals surface area contributed by atoms with E-state index in [9.17, 15) is 10.1 Å². The summed E-state index contributed by atoms with van der Waals surface area (Å²) in [6, 6.07) is 17.7. The second-order valence-electron chi connectivity index (χ2n) is 7.38. The first-order chi connectivity index (χ1) is 14.8. The van der Waals surface area contributed by atoms with Crippen molar-refractivity contribution in [2.75, 3.05) is 32.7 Å². The van der Waals surface area contributed by atoms with Gasteiger partial charge in [0.2, 0.25) is 0 Å². The molecule has 3 rings (SSSR count). The third-order valence-electron chi connectivity index (χ3n) is 5.10. The van der Waals surface area contributed by atoms with E-state index in [0.717, 1.165) is 44.7 Å². The normalized spacial score (nSPS) is 14.3. The van der Waals surface area contributed by atoms with Gasteiger partial charge >= 0.3 is 5.97 Å². The average Bonchev–Trinajstić information content (AvgIpc) is 2.76. The van der Waals surface area contributed by atoms with Crippen LogP contribution in [0.1, 0.15) is 17.5 Å². The summed E-state index contributed by atoms with van der Waals surface area (Å²) in [5, 5.41) is 27.2. The molecule has 0 amide bonds. The third-order valence-corrected chi connectivity index (χ3v) is 5.10. The first kappa shape index (κ1) is 24.0. The minimum absolute atomic E-state index is 0.183. The van der Waals surface area contributed by atoms with Crippen molar-refractivity contribution in [1.82, 2.24) is 4.90 Å². The third kappa shape index (κ3) is 8.93. The summed E-state index contributed by atoms with van der Waals surface area (Å²) in [4.78, 5) is 32.7. The Kier molecular flexibility index (Phi) is 9.60. The number of hydrogen-bond acceptors (Lipinski definition) is 6. The number of rotatable bonds is 7. The zero-order chi connectivity index (χ0) is 22.6. The van der Waals surface area contributed by atoms with Crippen molar-refractivity contribution in [1.29, 1.82) is 0 Å². The molecule has 1 aliphatic rings. The Hall–Kier alpha value is -3.30. The van der Waals surface area contributed by atoms with Crippen LogP contribution in [0.15, 0.2) is 54.6 Å². The quantitative estimate of drug-likeness (QED) is 0.353. The number of benzene rings is 2. The molecule has 0 unspecified atom stereocenters. The van der Waals surface area contributed by atoms with Crippen LogP contribution in [-0.2, 0) is 22.6 Å². The van der Waals surface area contributed by atoms with Gasteiger partial charge in [0.15, 0.2) is 5.97 Å². The molecule has 0 spiro atoms. The van der Waals surface area contributed by atoms with Crippen LogP contribution in [0.2, 0.25) is 0 Å².